The highest BCUT2D eigenvalue weighted by Gasteiger charge is 2.20. The van der Waals surface area contributed by atoms with Crippen molar-refractivity contribution in [1.29, 1.82) is 0 Å². The number of methoxy groups -OCH3 is 1. The Labute approximate surface area is 136 Å². The second-order valence-electron chi connectivity index (χ2n) is 5.56. The summed E-state index contributed by atoms with van der Waals surface area (Å²) in [4.78, 5) is 2.14. The fourth-order valence-electron chi connectivity index (χ4n) is 2.05. The van der Waals surface area contributed by atoms with Gasteiger partial charge in [0.15, 0.2) is 0 Å². The third kappa shape index (κ3) is 4.46. The third-order valence-corrected chi connectivity index (χ3v) is 4.67. The van der Waals surface area contributed by atoms with Crippen LogP contribution < -0.4 is 9.46 Å². The highest BCUT2D eigenvalue weighted by Crippen LogP contribution is 2.26. The molecule has 0 aliphatic rings. The summed E-state index contributed by atoms with van der Waals surface area (Å²) in [5.41, 5.74) is 1.26. The highest BCUT2D eigenvalue weighted by atomic mass is 32.2. The summed E-state index contributed by atoms with van der Waals surface area (Å²) >= 11 is 0. The van der Waals surface area contributed by atoms with E-state index < -0.39 is 10.0 Å². The van der Waals surface area contributed by atoms with Crippen LogP contribution in [0.2, 0.25) is 0 Å². The number of aromatic nitrogens is 2. The van der Waals surface area contributed by atoms with Gasteiger partial charge in [-0.2, -0.15) is 5.10 Å². The molecule has 1 N–H and O–H groups in total. The van der Waals surface area contributed by atoms with Gasteiger partial charge in [0.2, 0.25) is 0 Å². The predicted octanol–water partition coefficient (Wildman–Crippen LogP) is 1.56. The average Bonchev–Trinajstić information content (AvgIpc) is 2.92. The first-order valence-electron chi connectivity index (χ1n) is 7.16. The number of sulfonamides is 1. The lowest BCUT2D eigenvalue weighted by molar-refractivity contribution is 0.373. The zero-order chi connectivity index (χ0) is 17.0. The van der Waals surface area contributed by atoms with Crippen molar-refractivity contribution in [2.24, 2.45) is 0 Å². The Balaban J connectivity index is 2.20. The fraction of sp³-hybridized carbons (Fsp3) is 0.400. The summed E-state index contributed by atoms with van der Waals surface area (Å²) in [5.74, 6) is 0.308. The largest absolute Gasteiger partial charge is 0.495 e. The molecule has 0 unspecified atom stereocenters. The molecule has 0 bridgehead atoms. The second-order valence-corrected chi connectivity index (χ2v) is 7.21. The van der Waals surface area contributed by atoms with Crippen molar-refractivity contribution in [3.05, 3.63) is 36.2 Å². The van der Waals surface area contributed by atoms with Crippen LogP contribution in [0.4, 0.5) is 5.69 Å². The minimum atomic E-state index is -3.74. The Morgan fingerprint density at radius 2 is 2.09 bits per heavy atom. The molecule has 0 amide bonds. The van der Waals surface area contributed by atoms with Gasteiger partial charge in [0.1, 0.15) is 10.6 Å². The minimum Gasteiger partial charge on any atom is -0.495 e. The lowest BCUT2D eigenvalue weighted by Gasteiger charge is -2.11. The third-order valence-electron chi connectivity index (χ3n) is 3.27. The number of nitrogens with zero attached hydrogens (tertiary/aromatic N) is 3. The maximum absolute atomic E-state index is 12.6. The topological polar surface area (TPSA) is 76.5 Å². The Morgan fingerprint density at radius 3 is 2.74 bits per heavy atom. The molecule has 0 aliphatic heterocycles. The SMILES string of the molecule is COc1ccc(C)cc1S(=O)(=O)Nc1cnn(CCN(C)C)c1. The Kier molecular flexibility index (Phi) is 5.27. The van der Waals surface area contributed by atoms with Crippen molar-refractivity contribution in [2.45, 2.75) is 18.4 Å². The molecule has 0 spiro atoms. The van der Waals surface area contributed by atoms with Crippen LogP contribution in [0.3, 0.4) is 0 Å². The maximum atomic E-state index is 12.6. The average molecular weight is 338 g/mol. The van der Waals surface area contributed by atoms with Crippen LogP contribution in [0.25, 0.3) is 0 Å². The number of hydrogen-bond acceptors (Lipinski definition) is 5. The molecule has 1 aromatic heterocycles. The molecule has 126 valence electrons. The molecule has 23 heavy (non-hydrogen) atoms. The Hall–Kier alpha value is -2.06. The lowest BCUT2D eigenvalue weighted by Crippen LogP contribution is -2.18. The normalized spacial score (nSPS) is 11.7. The van der Waals surface area contributed by atoms with Gasteiger partial charge >= 0.3 is 0 Å². The highest BCUT2D eigenvalue weighted by molar-refractivity contribution is 7.92. The summed E-state index contributed by atoms with van der Waals surface area (Å²) < 4.78 is 34.5. The van der Waals surface area contributed by atoms with E-state index in [2.05, 4.69) is 9.82 Å². The van der Waals surface area contributed by atoms with Crippen molar-refractivity contribution < 1.29 is 13.2 Å². The van der Waals surface area contributed by atoms with E-state index in [1.54, 1.807) is 29.1 Å². The van der Waals surface area contributed by atoms with Crippen LogP contribution in [-0.4, -0.2) is 50.8 Å². The first-order chi connectivity index (χ1) is 10.8. The molecule has 0 saturated carbocycles. The maximum Gasteiger partial charge on any atom is 0.265 e. The number of hydrogen-bond donors (Lipinski definition) is 1. The molecule has 8 heteroatoms. The van der Waals surface area contributed by atoms with Gasteiger partial charge in [-0.1, -0.05) is 6.07 Å². The monoisotopic (exact) mass is 338 g/mol. The van der Waals surface area contributed by atoms with Gasteiger partial charge < -0.3 is 9.64 Å². The summed E-state index contributed by atoms with van der Waals surface area (Å²) in [7, 11) is 1.65. The minimum absolute atomic E-state index is 0.112. The number of anilines is 1. The van der Waals surface area contributed by atoms with E-state index in [9.17, 15) is 8.42 Å². The van der Waals surface area contributed by atoms with Gasteiger partial charge in [0.05, 0.1) is 25.5 Å². The van der Waals surface area contributed by atoms with Crippen LogP contribution in [0, 0.1) is 6.92 Å². The summed E-state index contributed by atoms with van der Waals surface area (Å²) in [5, 5.41) is 4.16. The predicted molar refractivity (Wildman–Crippen MR) is 89.3 cm³/mol. The van der Waals surface area contributed by atoms with Crippen LogP contribution in [0.15, 0.2) is 35.5 Å². The van der Waals surface area contributed by atoms with Crippen molar-refractivity contribution in [3.63, 3.8) is 0 Å². The van der Waals surface area contributed by atoms with Crippen molar-refractivity contribution in [2.75, 3.05) is 32.5 Å². The smallest absolute Gasteiger partial charge is 0.265 e. The van der Waals surface area contributed by atoms with Gasteiger partial charge in [-0.15, -0.1) is 0 Å². The second kappa shape index (κ2) is 7.01. The lowest BCUT2D eigenvalue weighted by atomic mass is 10.2. The summed E-state index contributed by atoms with van der Waals surface area (Å²) in [6.45, 7) is 3.33. The molecule has 0 atom stereocenters. The Morgan fingerprint density at radius 1 is 1.35 bits per heavy atom. The molecular weight excluding hydrogens is 316 g/mol. The summed E-state index contributed by atoms with van der Waals surface area (Å²) in [6, 6.07) is 5.03. The van der Waals surface area contributed by atoms with Gasteiger partial charge in [0, 0.05) is 12.7 Å². The quantitative estimate of drug-likeness (QED) is 0.829. The first kappa shape index (κ1) is 17.3. The van der Waals surface area contributed by atoms with Crippen molar-refractivity contribution in [1.82, 2.24) is 14.7 Å². The van der Waals surface area contributed by atoms with Crippen LogP contribution in [0.1, 0.15) is 5.56 Å². The number of ether oxygens (including phenoxy) is 1. The molecule has 7 nitrogen and oxygen atoms in total. The van der Waals surface area contributed by atoms with E-state index in [1.807, 2.05) is 25.9 Å². The van der Waals surface area contributed by atoms with Crippen LogP contribution in [-0.2, 0) is 16.6 Å². The molecule has 0 radical (unpaired) electrons. The zero-order valence-electron chi connectivity index (χ0n) is 13.8. The standard InChI is InChI=1S/C15H22N4O3S/c1-12-5-6-14(22-4)15(9-12)23(20,21)17-13-10-16-19(11-13)8-7-18(2)3/h5-6,9-11,17H,7-8H2,1-4H3. The van der Waals surface area contributed by atoms with E-state index >= 15 is 0 Å². The van der Waals surface area contributed by atoms with Crippen LogP contribution >= 0.6 is 0 Å². The molecule has 1 heterocycles. The number of aryl methyl sites for hydroxylation is 1. The molecule has 0 aliphatic carbocycles. The molecule has 0 fully saturated rings. The number of nitrogens with one attached hydrogen (secondary N) is 1. The molecular formula is C15H22N4O3S. The number of benzene rings is 1. The molecule has 2 rings (SSSR count). The van der Waals surface area contributed by atoms with E-state index in [-0.39, 0.29) is 4.90 Å². The van der Waals surface area contributed by atoms with Gasteiger partial charge in [-0.25, -0.2) is 8.42 Å². The molecule has 0 saturated heterocycles. The van der Waals surface area contributed by atoms with E-state index in [0.29, 0.717) is 18.0 Å². The van der Waals surface area contributed by atoms with Crippen molar-refractivity contribution >= 4 is 15.7 Å². The van der Waals surface area contributed by atoms with Gasteiger partial charge in [-0.05, 0) is 38.7 Å². The zero-order valence-corrected chi connectivity index (χ0v) is 14.6. The summed E-state index contributed by atoms with van der Waals surface area (Å²) in [6.07, 6.45) is 3.17. The van der Waals surface area contributed by atoms with E-state index in [0.717, 1.165) is 12.1 Å². The van der Waals surface area contributed by atoms with Crippen molar-refractivity contribution in [3.8, 4) is 5.75 Å². The molecule has 1 aromatic carbocycles. The van der Waals surface area contributed by atoms with Gasteiger partial charge in [0.25, 0.3) is 10.0 Å². The van der Waals surface area contributed by atoms with E-state index in [1.165, 1.54) is 13.3 Å². The Bertz CT molecular complexity index is 769. The number of likely N-dealkylation sites (N-methyl/N-ethyl adjacent to an activating group) is 1. The number of rotatable bonds is 7. The van der Waals surface area contributed by atoms with Gasteiger partial charge in [-0.3, -0.25) is 9.40 Å². The molecule has 2 aromatic rings. The van der Waals surface area contributed by atoms with E-state index in [4.69, 9.17) is 4.74 Å². The fourth-order valence-corrected chi connectivity index (χ4v) is 3.33. The first-order valence-corrected chi connectivity index (χ1v) is 8.65. The van der Waals surface area contributed by atoms with Crippen LogP contribution in [0.5, 0.6) is 5.75 Å².